The summed E-state index contributed by atoms with van der Waals surface area (Å²) in [6.45, 7) is 6.41. The lowest BCUT2D eigenvalue weighted by molar-refractivity contribution is -0.140. The zero-order valence-electron chi connectivity index (χ0n) is 17.5. The number of likely N-dealkylation sites (tertiary alicyclic amines) is 1. The van der Waals surface area contributed by atoms with E-state index in [1.165, 1.54) is 0 Å². The van der Waals surface area contributed by atoms with Gasteiger partial charge in [0.05, 0.1) is 6.04 Å². The average Bonchev–Trinajstić information content (AvgIpc) is 3.18. The predicted octanol–water partition coefficient (Wildman–Crippen LogP) is 4.74. The van der Waals surface area contributed by atoms with Crippen LogP contribution in [0.2, 0.25) is 0 Å². The zero-order valence-corrected chi connectivity index (χ0v) is 20.5. The Morgan fingerprint density at radius 3 is 2.20 bits per heavy atom. The van der Waals surface area contributed by atoms with E-state index < -0.39 is 12.1 Å². The van der Waals surface area contributed by atoms with Gasteiger partial charge in [-0.2, -0.15) is 0 Å². The Hall–Kier alpha value is -1.64. The molecule has 1 fully saturated rings. The van der Waals surface area contributed by atoms with Crippen molar-refractivity contribution in [1.29, 1.82) is 0 Å². The number of amides is 2. The summed E-state index contributed by atoms with van der Waals surface area (Å²) >= 11 is 2.25. The van der Waals surface area contributed by atoms with Gasteiger partial charge in [0.1, 0.15) is 6.04 Å². The molecule has 2 atom stereocenters. The molecular weight excluding hydrogens is 513 g/mol. The van der Waals surface area contributed by atoms with Crippen LogP contribution in [0.25, 0.3) is 0 Å². The van der Waals surface area contributed by atoms with Gasteiger partial charge in [-0.05, 0) is 77.2 Å². The van der Waals surface area contributed by atoms with Gasteiger partial charge in [0.15, 0.2) is 0 Å². The summed E-state index contributed by atoms with van der Waals surface area (Å²) in [7, 11) is 0. The Bertz CT molecular complexity index is 868. The summed E-state index contributed by atoms with van der Waals surface area (Å²) in [5.41, 5.74) is 7.46. The number of hydrogen-bond donors (Lipinski definition) is 1. The van der Waals surface area contributed by atoms with Crippen LogP contribution in [0.15, 0.2) is 54.6 Å². The topological polar surface area (TPSA) is 66.6 Å². The number of carbonyl (C=O) groups is 2. The van der Waals surface area contributed by atoms with Crippen molar-refractivity contribution in [3.8, 4) is 0 Å². The largest absolute Gasteiger partial charge is 0.329 e. The molecule has 5 nitrogen and oxygen atoms in total. The van der Waals surface area contributed by atoms with E-state index in [4.69, 9.17) is 5.73 Å². The molecule has 2 aromatic carbocycles. The summed E-state index contributed by atoms with van der Waals surface area (Å²) in [5.74, 6) is -0.242. The molecule has 30 heavy (non-hydrogen) atoms. The van der Waals surface area contributed by atoms with Crippen molar-refractivity contribution >= 4 is 58.2 Å². The first-order valence-corrected chi connectivity index (χ1v) is 11.0. The Morgan fingerprint density at radius 1 is 1.07 bits per heavy atom. The Morgan fingerprint density at radius 2 is 1.63 bits per heavy atom. The molecule has 2 amide bonds. The van der Waals surface area contributed by atoms with E-state index in [1.807, 2.05) is 75.4 Å². The number of nitrogens with zero attached hydrogens (tertiary/aromatic N) is 2. The monoisotopic (exact) mass is 541 g/mol. The molecule has 3 rings (SSSR count). The maximum atomic E-state index is 13.7. The number of halogens is 2. The normalized spacial score (nSPS) is 17.2. The fourth-order valence-corrected chi connectivity index (χ4v) is 3.92. The third kappa shape index (κ3) is 5.34. The van der Waals surface area contributed by atoms with E-state index in [1.54, 1.807) is 9.80 Å². The third-order valence-corrected chi connectivity index (χ3v) is 6.06. The van der Waals surface area contributed by atoms with Gasteiger partial charge >= 0.3 is 0 Å². The first-order valence-electron chi connectivity index (χ1n) is 9.91. The highest BCUT2D eigenvalue weighted by Crippen LogP contribution is 2.31. The second-order valence-corrected chi connectivity index (χ2v) is 9.76. The van der Waals surface area contributed by atoms with Crippen LogP contribution >= 0.6 is 35.0 Å². The first-order chi connectivity index (χ1) is 13.7. The fraction of sp³-hybridized carbons (Fsp3) is 0.391. The van der Waals surface area contributed by atoms with Crippen LogP contribution in [0.4, 0.5) is 11.4 Å². The van der Waals surface area contributed by atoms with Crippen molar-refractivity contribution in [3.63, 3.8) is 0 Å². The third-order valence-electron chi connectivity index (χ3n) is 5.34. The first kappa shape index (κ1) is 24.6. The number of nitrogens with two attached hydrogens (primary N) is 1. The molecule has 1 aliphatic rings. The fourth-order valence-electron chi connectivity index (χ4n) is 3.56. The zero-order chi connectivity index (χ0) is 21.2. The van der Waals surface area contributed by atoms with Gasteiger partial charge in [0, 0.05) is 21.5 Å². The molecule has 0 bridgehead atoms. The van der Waals surface area contributed by atoms with Crippen LogP contribution in [0.3, 0.4) is 0 Å². The highest BCUT2D eigenvalue weighted by Gasteiger charge is 2.41. The molecule has 0 saturated carbocycles. The Kier molecular flexibility index (Phi) is 8.30. The molecular formula is C23H29ClIN3O2. The molecule has 1 saturated heterocycles. The van der Waals surface area contributed by atoms with Crippen LogP contribution in [0, 0.1) is 8.99 Å². The summed E-state index contributed by atoms with van der Waals surface area (Å²) in [6, 6.07) is 16.3. The van der Waals surface area contributed by atoms with Crippen LogP contribution < -0.4 is 10.6 Å². The summed E-state index contributed by atoms with van der Waals surface area (Å²) in [5, 5.41) is 0. The summed E-state index contributed by atoms with van der Waals surface area (Å²) in [6.07, 6.45) is 1.45. The van der Waals surface area contributed by atoms with Crippen molar-refractivity contribution in [1.82, 2.24) is 4.90 Å². The second-order valence-electron chi connectivity index (χ2n) is 8.52. The highest BCUT2D eigenvalue weighted by atomic mass is 127. The molecule has 0 aliphatic carbocycles. The average molecular weight is 542 g/mol. The smallest absolute Gasteiger partial charge is 0.254 e. The SMILES string of the molecule is CC(C)(C)[C@H](N)C(=O)N1CCC[C@H]1C(=O)N(c1ccccc1)c1ccc(I)cc1.Cl. The molecule has 1 heterocycles. The van der Waals surface area contributed by atoms with E-state index in [0.717, 1.165) is 21.4 Å². The molecule has 0 radical (unpaired) electrons. The lowest BCUT2D eigenvalue weighted by atomic mass is 9.86. The minimum absolute atomic E-state index is 0. The maximum absolute atomic E-state index is 13.7. The molecule has 1 aliphatic heterocycles. The van der Waals surface area contributed by atoms with Crippen molar-refractivity contribution in [2.75, 3.05) is 11.4 Å². The van der Waals surface area contributed by atoms with Crippen LogP contribution in [0.5, 0.6) is 0 Å². The van der Waals surface area contributed by atoms with Crippen molar-refractivity contribution in [2.24, 2.45) is 11.1 Å². The van der Waals surface area contributed by atoms with Crippen molar-refractivity contribution < 1.29 is 9.59 Å². The molecule has 0 unspecified atom stereocenters. The van der Waals surface area contributed by atoms with Gasteiger partial charge in [-0.1, -0.05) is 39.0 Å². The van der Waals surface area contributed by atoms with Gasteiger partial charge in [0.2, 0.25) is 5.91 Å². The quantitative estimate of drug-likeness (QED) is 0.569. The molecule has 2 aromatic rings. The summed E-state index contributed by atoms with van der Waals surface area (Å²) in [4.78, 5) is 30.2. The van der Waals surface area contributed by atoms with Gasteiger partial charge in [-0.15, -0.1) is 12.4 Å². The minimum atomic E-state index is -0.639. The number of hydrogen-bond acceptors (Lipinski definition) is 3. The number of para-hydroxylation sites is 1. The lowest BCUT2D eigenvalue weighted by Crippen LogP contribution is -2.55. The second kappa shape index (κ2) is 10.1. The van der Waals surface area contributed by atoms with Crippen LogP contribution in [0.1, 0.15) is 33.6 Å². The minimum Gasteiger partial charge on any atom is -0.329 e. The number of rotatable bonds is 4. The molecule has 7 heteroatoms. The van der Waals surface area contributed by atoms with Crippen molar-refractivity contribution in [2.45, 2.75) is 45.7 Å². The van der Waals surface area contributed by atoms with Crippen LogP contribution in [-0.4, -0.2) is 35.3 Å². The molecule has 0 spiro atoms. The Labute approximate surface area is 198 Å². The summed E-state index contributed by atoms with van der Waals surface area (Å²) < 4.78 is 1.10. The molecule has 2 N–H and O–H groups in total. The van der Waals surface area contributed by atoms with Gasteiger partial charge in [0.25, 0.3) is 5.91 Å². The van der Waals surface area contributed by atoms with E-state index >= 15 is 0 Å². The maximum Gasteiger partial charge on any atom is 0.254 e. The lowest BCUT2D eigenvalue weighted by Gasteiger charge is -2.34. The van der Waals surface area contributed by atoms with E-state index in [0.29, 0.717) is 13.0 Å². The number of benzene rings is 2. The van der Waals surface area contributed by atoms with E-state index in [2.05, 4.69) is 22.6 Å². The van der Waals surface area contributed by atoms with E-state index in [-0.39, 0.29) is 29.6 Å². The van der Waals surface area contributed by atoms with Crippen molar-refractivity contribution in [3.05, 3.63) is 58.2 Å². The predicted molar refractivity (Wildman–Crippen MR) is 132 cm³/mol. The van der Waals surface area contributed by atoms with E-state index in [9.17, 15) is 9.59 Å². The Balaban J connectivity index is 0.00000320. The number of carbonyl (C=O) groups excluding carboxylic acids is 2. The standard InChI is InChI=1S/C23H28IN3O2.ClH/c1-23(2,3)20(25)22(29)26-15-7-10-19(26)21(28)27(17-8-5-4-6-9-17)18-13-11-16(24)12-14-18;/h4-6,8-9,11-14,19-20H,7,10,15,25H2,1-3H3;1H/t19-,20+;/m0./s1. The van der Waals surface area contributed by atoms with Gasteiger partial charge in [-0.25, -0.2) is 0 Å². The van der Waals surface area contributed by atoms with Gasteiger partial charge in [-0.3, -0.25) is 14.5 Å². The van der Waals surface area contributed by atoms with Gasteiger partial charge < -0.3 is 10.6 Å². The van der Waals surface area contributed by atoms with Crippen LogP contribution in [-0.2, 0) is 9.59 Å². The molecule has 0 aromatic heterocycles. The molecule has 162 valence electrons. The number of anilines is 2. The highest BCUT2D eigenvalue weighted by molar-refractivity contribution is 14.1.